The van der Waals surface area contributed by atoms with E-state index >= 15 is 0 Å². The van der Waals surface area contributed by atoms with Crippen molar-refractivity contribution in [3.63, 3.8) is 0 Å². The molecule has 0 aromatic rings. The lowest BCUT2D eigenvalue weighted by atomic mass is 9.96. The zero-order chi connectivity index (χ0) is 10.7. The summed E-state index contributed by atoms with van der Waals surface area (Å²) in [7, 11) is 0. The van der Waals surface area contributed by atoms with Crippen molar-refractivity contribution in [2.45, 2.75) is 44.8 Å². The standard InChI is InChI=1S/C12H24N2O/c1-10-4-6-14(7-5-10)11(9-13)12-3-2-8-15-12/h10-12H,2-9,13H2,1H3. The molecule has 2 rings (SSSR count). The molecule has 0 aromatic heterocycles. The highest BCUT2D eigenvalue weighted by Crippen LogP contribution is 2.24. The summed E-state index contributed by atoms with van der Waals surface area (Å²) in [5.74, 6) is 0.893. The second kappa shape index (κ2) is 5.28. The maximum Gasteiger partial charge on any atom is 0.0743 e. The van der Waals surface area contributed by atoms with E-state index in [1.165, 1.54) is 38.8 Å². The molecule has 0 aromatic carbocycles. The highest BCUT2D eigenvalue weighted by Gasteiger charge is 2.31. The van der Waals surface area contributed by atoms with E-state index in [1.54, 1.807) is 0 Å². The van der Waals surface area contributed by atoms with Gasteiger partial charge >= 0.3 is 0 Å². The van der Waals surface area contributed by atoms with Crippen molar-refractivity contribution in [1.29, 1.82) is 0 Å². The minimum absolute atomic E-state index is 0.406. The van der Waals surface area contributed by atoms with Crippen LogP contribution in [0.1, 0.15) is 32.6 Å². The third kappa shape index (κ3) is 2.71. The summed E-state index contributed by atoms with van der Waals surface area (Å²) >= 11 is 0. The summed E-state index contributed by atoms with van der Waals surface area (Å²) in [6, 6.07) is 0.472. The quantitative estimate of drug-likeness (QED) is 0.764. The van der Waals surface area contributed by atoms with Crippen LogP contribution in [-0.4, -0.2) is 43.3 Å². The van der Waals surface area contributed by atoms with E-state index in [-0.39, 0.29) is 0 Å². The molecule has 2 atom stereocenters. The second-order valence-electron chi connectivity index (χ2n) is 5.07. The van der Waals surface area contributed by atoms with Crippen molar-refractivity contribution < 1.29 is 4.74 Å². The van der Waals surface area contributed by atoms with Crippen LogP contribution >= 0.6 is 0 Å². The smallest absolute Gasteiger partial charge is 0.0743 e. The molecular weight excluding hydrogens is 188 g/mol. The first-order valence-electron chi connectivity index (χ1n) is 6.37. The molecule has 2 aliphatic rings. The van der Waals surface area contributed by atoms with Crippen LogP contribution < -0.4 is 5.73 Å². The van der Waals surface area contributed by atoms with E-state index in [9.17, 15) is 0 Å². The molecule has 0 spiro atoms. The molecule has 0 aliphatic carbocycles. The summed E-state index contributed by atoms with van der Waals surface area (Å²) in [6.45, 7) is 6.46. The first kappa shape index (κ1) is 11.4. The highest BCUT2D eigenvalue weighted by atomic mass is 16.5. The number of ether oxygens (including phenoxy) is 1. The zero-order valence-electron chi connectivity index (χ0n) is 9.82. The lowest BCUT2D eigenvalue weighted by Gasteiger charge is -2.38. The van der Waals surface area contributed by atoms with Crippen molar-refractivity contribution in [3.8, 4) is 0 Å². The first-order valence-corrected chi connectivity index (χ1v) is 6.37. The maximum atomic E-state index is 5.90. The van der Waals surface area contributed by atoms with Gasteiger partial charge in [0, 0.05) is 19.2 Å². The minimum Gasteiger partial charge on any atom is -0.377 e. The lowest BCUT2D eigenvalue weighted by Crippen LogP contribution is -2.50. The van der Waals surface area contributed by atoms with E-state index in [0.29, 0.717) is 12.1 Å². The molecule has 0 amide bonds. The van der Waals surface area contributed by atoms with Crippen molar-refractivity contribution in [1.82, 2.24) is 4.90 Å². The third-order valence-corrected chi connectivity index (χ3v) is 3.92. The van der Waals surface area contributed by atoms with E-state index in [1.807, 2.05) is 0 Å². The molecule has 3 nitrogen and oxygen atoms in total. The summed E-state index contributed by atoms with van der Waals surface area (Å²) in [6.07, 6.45) is 5.47. The Morgan fingerprint density at radius 1 is 1.33 bits per heavy atom. The molecule has 15 heavy (non-hydrogen) atoms. The Balaban J connectivity index is 1.88. The Morgan fingerprint density at radius 2 is 2.07 bits per heavy atom. The summed E-state index contributed by atoms with van der Waals surface area (Å²) in [4.78, 5) is 2.55. The topological polar surface area (TPSA) is 38.5 Å². The predicted octanol–water partition coefficient (Wildman–Crippen LogP) is 1.22. The Bertz CT molecular complexity index is 184. The van der Waals surface area contributed by atoms with E-state index < -0.39 is 0 Å². The fourth-order valence-electron chi connectivity index (χ4n) is 2.80. The molecule has 0 radical (unpaired) electrons. The van der Waals surface area contributed by atoms with Crippen LogP contribution in [0.4, 0.5) is 0 Å². The lowest BCUT2D eigenvalue weighted by molar-refractivity contribution is 0.0143. The van der Waals surface area contributed by atoms with Crippen molar-refractivity contribution in [2.75, 3.05) is 26.2 Å². The Labute approximate surface area is 93.0 Å². The average molecular weight is 212 g/mol. The van der Waals surface area contributed by atoms with Gasteiger partial charge in [-0.25, -0.2) is 0 Å². The van der Waals surface area contributed by atoms with Gasteiger partial charge in [-0.15, -0.1) is 0 Å². The van der Waals surface area contributed by atoms with Crippen molar-refractivity contribution in [2.24, 2.45) is 11.7 Å². The maximum absolute atomic E-state index is 5.90. The van der Waals surface area contributed by atoms with Gasteiger partial charge in [-0.05, 0) is 44.7 Å². The van der Waals surface area contributed by atoms with Gasteiger partial charge in [-0.3, -0.25) is 4.90 Å². The van der Waals surface area contributed by atoms with Crippen LogP contribution in [0.2, 0.25) is 0 Å². The number of piperidine rings is 1. The molecule has 3 heteroatoms. The van der Waals surface area contributed by atoms with Crippen LogP contribution in [0.5, 0.6) is 0 Å². The molecule has 88 valence electrons. The van der Waals surface area contributed by atoms with Gasteiger partial charge in [0.2, 0.25) is 0 Å². The molecule has 0 saturated carbocycles. The number of nitrogens with two attached hydrogens (primary N) is 1. The molecule has 2 N–H and O–H groups in total. The predicted molar refractivity (Wildman–Crippen MR) is 61.8 cm³/mol. The van der Waals surface area contributed by atoms with E-state index in [0.717, 1.165) is 19.1 Å². The van der Waals surface area contributed by atoms with E-state index in [2.05, 4.69) is 11.8 Å². The van der Waals surface area contributed by atoms with Gasteiger partial charge in [0.15, 0.2) is 0 Å². The van der Waals surface area contributed by atoms with Crippen LogP contribution in [0.25, 0.3) is 0 Å². The number of rotatable bonds is 3. The number of hydrogen-bond donors (Lipinski definition) is 1. The molecule has 2 unspecified atom stereocenters. The second-order valence-corrected chi connectivity index (χ2v) is 5.07. The number of hydrogen-bond acceptors (Lipinski definition) is 3. The highest BCUT2D eigenvalue weighted by molar-refractivity contribution is 4.86. The summed E-state index contributed by atoms with van der Waals surface area (Å²) in [5.41, 5.74) is 5.90. The van der Waals surface area contributed by atoms with Gasteiger partial charge in [-0.1, -0.05) is 6.92 Å². The molecule has 0 bridgehead atoms. The van der Waals surface area contributed by atoms with Crippen molar-refractivity contribution >= 4 is 0 Å². The summed E-state index contributed by atoms with van der Waals surface area (Å²) < 4.78 is 5.76. The minimum atomic E-state index is 0.406. The molecule has 2 saturated heterocycles. The molecule has 2 heterocycles. The zero-order valence-corrected chi connectivity index (χ0v) is 9.82. The van der Waals surface area contributed by atoms with Gasteiger partial charge in [0.1, 0.15) is 0 Å². The van der Waals surface area contributed by atoms with Crippen LogP contribution in [0, 0.1) is 5.92 Å². The fourth-order valence-corrected chi connectivity index (χ4v) is 2.80. The van der Waals surface area contributed by atoms with Crippen LogP contribution in [0.15, 0.2) is 0 Å². The SMILES string of the molecule is CC1CCN(C(CN)C2CCCO2)CC1. The van der Waals surface area contributed by atoms with Gasteiger partial charge in [-0.2, -0.15) is 0 Å². The summed E-state index contributed by atoms with van der Waals surface area (Å²) in [5, 5.41) is 0. The van der Waals surface area contributed by atoms with E-state index in [4.69, 9.17) is 10.5 Å². The fraction of sp³-hybridized carbons (Fsp3) is 1.00. The Morgan fingerprint density at radius 3 is 2.60 bits per heavy atom. The number of nitrogens with zero attached hydrogens (tertiary/aromatic N) is 1. The molecule has 2 fully saturated rings. The Hall–Kier alpha value is -0.120. The van der Waals surface area contributed by atoms with Gasteiger partial charge in [0.05, 0.1) is 6.10 Å². The number of likely N-dealkylation sites (tertiary alicyclic amines) is 1. The Kier molecular flexibility index (Phi) is 4.00. The normalized spacial score (nSPS) is 32.0. The molecule has 2 aliphatic heterocycles. The first-order chi connectivity index (χ1) is 7.31. The largest absolute Gasteiger partial charge is 0.377 e. The van der Waals surface area contributed by atoms with Crippen LogP contribution in [-0.2, 0) is 4.74 Å². The van der Waals surface area contributed by atoms with Crippen molar-refractivity contribution in [3.05, 3.63) is 0 Å². The monoisotopic (exact) mass is 212 g/mol. The van der Waals surface area contributed by atoms with Gasteiger partial charge < -0.3 is 10.5 Å². The third-order valence-electron chi connectivity index (χ3n) is 3.92. The average Bonchev–Trinajstić information content (AvgIpc) is 2.75. The van der Waals surface area contributed by atoms with Gasteiger partial charge in [0.25, 0.3) is 0 Å². The van der Waals surface area contributed by atoms with Crippen LogP contribution in [0.3, 0.4) is 0 Å². The molecular formula is C12H24N2O.